The summed E-state index contributed by atoms with van der Waals surface area (Å²) in [7, 11) is -2.09. The maximum atomic E-state index is 13.5. The highest BCUT2D eigenvalue weighted by atomic mass is 32.2. The van der Waals surface area contributed by atoms with Crippen LogP contribution in [0.15, 0.2) is 18.7 Å². The third-order valence-electron chi connectivity index (χ3n) is 7.02. The van der Waals surface area contributed by atoms with Crippen LogP contribution in [0.5, 0.6) is 0 Å². The first-order valence-corrected chi connectivity index (χ1v) is 12.8. The van der Waals surface area contributed by atoms with Crippen molar-refractivity contribution in [3.8, 4) is 0 Å². The number of aromatic nitrogens is 5. The molecule has 2 saturated carbocycles. The molecule has 2 aliphatic carbocycles. The summed E-state index contributed by atoms with van der Waals surface area (Å²) in [5.74, 6) is -0.634. The van der Waals surface area contributed by atoms with Crippen molar-refractivity contribution in [2.45, 2.75) is 62.0 Å². The van der Waals surface area contributed by atoms with Gasteiger partial charge in [-0.15, -0.1) is 0 Å². The number of halogens is 1. The number of carbonyl (C=O) groups excluding carboxylic acids is 2. The zero-order valence-electron chi connectivity index (χ0n) is 18.7. The molecule has 3 heterocycles. The van der Waals surface area contributed by atoms with Gasteiger partial charge in [0.2, 0.25) is 15.9 Å². The summed E-state index contributed by atoms with van der Waals surface area (Å²) in [4.78, 5) is 33.7. The van der Waals surface area contributed by atoms with Gasteiger partial charge in [0.25, 0.3) is 0 Å². The lowest BCUT2D eigenvalue weighted by Crippen LogP contribution is -2.63. The highest BCUT2D eigenvalue weighted by Crippen LogP contribution is 2.41. The van der Waals surface area contributed by atoms with Crippen LogP contribution in [0.4, 0.5) is 9.18 Å². The molecule has 0 radical (unpaired) electrons. The van der Waals surface area contributed by atoms with Gasteiger partial charge >= 0.3 is 6.03 Å². The van der Waals surface area contributed by atoms with Gasteiger partial charge in [0.1, 0.15) is 18.8 Å². The molecule has 3 amide bonds. The Kier molecular flexibility index (Phi) is 5.67. The molecule has 34 heavy (non-hydrogen) atoms. The van der Waals surface area contributed by atoms with Crippen LogP contribution >= 0.6 is 0 Å². The summed E-state index contributed by atoms with van der Waals surface area (Å²) in [5.41, 5.74) is -0.310. The minimum atomic E-state index is -3.82. The van der Waals surface area contributed by atoms with Crippen molar-refractivity contribution in [2.75, 3.05) is 6.67 Å². The molecule has 0 bridgehead atoms. The first-order valence-electron chi connectivity index (χ1n) is 11.2. The number of imide groups is 1. The van der Waals surface area contributed by atoms with Crippen molar-refractivity contribution >= 4 is 22.0 Å². The van der Waals surface area contributed by atoms with Crippen LogP contribution in [0.3, 0.4) is 0 Å². The van der Waals surface area contributed by atoms with Crippen LogP contribution in [-0.2, 0) is 35.0 Å². The fourth-order valence-electron chi connectivity index (χ4n) is 4.96. The molecular formula is C20H27FN8O4S. The highest BCUT2D eigenvalue weighted by molar-refractivity contribution is 7.90. The van der Waals surface area contributed by atoms with Crippen molar-refractivity contribution in [1.82, 2.24) is 39.5 Å². The molecule has 0 aromatic carbocycles. The summed E-state index contributed by atoms with van der Waals surface area (Å²) in [5, 5.41) is 9.84. The van der Waals surface area contributed by atoms with Crippen LogP contribution < -0.4 is 4.72 Å². The van der Waals surface area contributed by atoms with Crippen molar-refractivity contribution in [3.63, 3.8) is 0 Å². The molecule has 14 heteroatoms. The Bertz CT molecular complexity index is 1180. The Hall–Kier alpha value is -2.87. The topological polar surface area (TPSA) is 146 Å². The molecule has 3 fully saturated rings. The maximum absolute atomic E-state index is 13.5. The van der Waals surface area contributed by atoms with E-state index in [1.165, 1.54) is 6.33 Å². The van der Waals surface area contributed by atoms with Crippen LogP contribution in [-0.4, -0.2) is 78.6 Å². The molecular weight excluding hydrogens is 467 g/mol. The van der Waals surface area contributed by atoms with E-state index >= 15 is 0 Å². The first-order chi connectivity index (χ1) is 16.2. The molecule has 3 atom stereocenters. The fourth-order valence-corrected chi connectivity index (χ4v) is 6.90. The molecule has 1 aliphatic heterocycles. The number of aromatic amines is 1. The average Bonchev–Trinajstić information content (AvgIpc) is 3.17. The van der Waals surface area contributed by atoms with Gasteiger partial charge in [0.05, 0.1) is 36.0 Å². The fraction of sp³-hybridized carbons (Fsp3) is 0.650. The number of hydrogen-bond donors (Lipinski definition) is 2. The Morgan fingerprint density at radius 2 is 2.06 bits per heavy atom. The quantitative estimate of drug-likeness (QED) is 0.542. The van der Waals surface area contributed by atoms with E-state index < -0.39 is 51.4 Å². The van der Waals surface area contributed by atoms with Crippen molar-refractivity contribution in [1.29, 1.82) is 0 Å². The maximum Gasteiger partial charge on any atom is 0.327 e. The van der Waals surface area contributed by atoms with E-state index in [2.05, 4.69) is 25.0 Å². The number of H-pyrrole nitrogens is 1. The number of nitrogens with zero attached hydrogens (tertiary/aromatic N) is 6. The monoisotopic (exact) mass is 494 g/mol. The molecule has 5 rings (SSSR count). The molecule has 2 N–H and O–H groups in total. The number of fused-ring (bicyclic) bond motifs is 1. The summed E-state index contributed by atoms with van der Waals surface area (Å²) in [6, 6.07) is -0.918. The molecule has 1 saturated heterocycles. The largest absolute Gasteiger partial charge is 0.327 e. The van der Waals surface area contributed by atoms with E-state index in [0.717, 1.165) is 4.90 Å². The minimum Gasteiger partial charge on any atom is -0.313 e. The van der Waals surface area contributed by atoms with Gasteiger partial charge in [0.15, 0.2) is 0 Å². The van der Waals surface area contributed by atoms with Crippen LogP contribution in [0.1, 0.15) is 43.5 Å². The van der Waals surface area contributed by atoms with E-state index in [0.29, 0.717) is 30.7 Å². The molecule has 3 aliphatic rings. The van der Waals surface area contributed by atoms with Gasteiger partial charge in [-0.05, 0) is 32.1 Å². The van der Waals surface area contributed by atoms with E-state index in [9.17, 15) is 22.4 Å². The normalized spacial score (nSPS) is 26.6. The predicted octanol–water partition coefficient (Wildman–Crippen LogP) is 0.461. The van der Waals surface area contributed by atoms with Crippen molar-refractivity contribution in [2.24, 2.45) is 13.0 Å². The highest BCUT2D eigenvalue weighted by Gasteiger charge is 2.53. The third kappa shape index (κ3) is 4.19. The molecule has 0 spiro atoms. The second kappa shape index (κ2) is 8.41. The number of hydrogen-bond acceptors (Lipinski definition) is 7. The molecule has 12 nitrogen and oxygen atoms in total. The number of urea groups is 1. The number of carbonyl (C=O) groups is 2. The second-order valence-corrected chi connectivity index (χ2v) is 11.4. The van der Waals surface area contributed by atoms with Crippen LogP contribution in [0.25, 0.3) is 0 Å². The van der Waals surface area contributed by atoms with Crippen LogP contribution in [0.2, 0.25) is 0 Å². The zero-order valence-corrected chi connectivity index (χ0v) is 19.5. The molecule has 3 unspecified atom stereocenters. The lowest BCUT2D eigenvalue weighted by atomic mass is 9.80. The van der Waals surface area contributed by atoms with Crippen LogP contribution in [0, 0.1) is 5.92 Å². The number of alkyl halides is 1. The summed E-state index contributed by atoms with van der Waals surface area (Å²) in [6.45, 7) is -0.595. The second-order valence-electron chi connectivity index (χ2n) is 9.46. The summed E-state index contributed by atoms with van der Waals surface area (Å²) < 4.78 is 43.5. The average molecular weight is 495 g/mol. The van der Waals surface area contributed by atoms with Gasteiger partial charge in [-0.3, -0.25) is 19.5 Å². The van der Waals surface area contributed by atoms with Crippen molar-refractivity contribution in [3.05, 3.63) is 30.1 Å². The molecule has 184 valence electrons. The van der Waals surface area contributed by atoms with Gasteiger partial charge in [-0.25, -0.2) is 27.3 Å². The smallest absolute Gasteiger partial charge is 0.313 e. The SMILES string of the molecule is Cn1cc(CN2C(=O)C3CC(S(=O)(=O)NC4(CF)CC4)CCC3N(Cc3ncn[nH]3)C2=O)cn1. The summed E-state index contributed by atoms with van der Waals surface area (Å²) in [6.07, 6.45) is 6.26. The number of aryl methyl sites for hydroxylation is 1. The Morgan fingerprint density at radius 1 is 1.26 bits per heavy atom. The summed E-state index contributed by atoms with van der Waals surface area (Å²) >= 11 is 0. The van der Waals surface area contributed by atoms with E-state index in [1.54, 1.807) is 29.0 Å². The lowest BCUT2D eigenvalue weighted by Gasteiger charge is -2.47. The van der Waals surface area contributed by atoms with Gasteiger partial charge < -0.3 is 4.90 Å². The van der Waals surface area contributed by atoms with Crippen molar-refractivity contribution < 1.29 is 22.4 Å². The number of amides is 3. The molecule has 2 aromatic rings. The van der Waals surface area contributed by atoms with Gasteiger partial charge in [-0.1, -0.05) is 0 Å². The zero-order chi connectivity index (χ0) is 24.1. The van der Waals surface area contributed by atoms with Gasteiger partial charge in [-0.2, -0.15) is 10.2 Å². The third-order valence-corrected chi connectivity index (χ3v) is 9.04. The van der Waals surface area contributed by atoms with E-state index in [-0.39, 0.29) is 25.9 Å². The number of sulfonamides is 1. The number of nitrogens with one attached hydrogen (secondary N) is 2. The van der Waals surface area contributed by atoms with E-state index in [1.807, 2.05) is 0 Å². The Morgan fingerprint density at radius 3 is 2.68 bits per heavy atom. The Balaban J connectivity index is 1.41. The Labute approximate surface area is 195 Å². The van der Waals surface area contributed by atoms with E-state index in [4.69, 9.17) is 0 Å². The number of rotatable bonds is 8. The lowest BCUT2D eigenvalue weighted by molar-refractivity contribution is -0.141. The van der Waals surface area contributed by atoms with Gasteiger partial charge in [0, 0.05) is 24.8 Å². The minimum absolute atomic E-state index is 0.0300. The standard InChI is InChI=1S/C20H27FN8O4S/c1-27-8-13(7-24-27)9-29-18(30)15-6-14(34(32,33)26-20(11-21)4-5-20)2-3-16(15)28(19(29)31)10-17-22-12-23-25-17/h7-8,12,14-16,26H,2-6,9-11H2,1H3,(H,22,23,25). The molecule has 2 aromatic heterocycles. The predicted molar refractivity (Wildman–Crippen MR) is 116 cm³/mol. The first kappa shape index (κ1) is 22.9.